The Kier molecular flexibility index (Phi) is 3.50. The van der Waals surface area contributed by atoms with Crippen molar-refractivity contribution in [1.82, 2.24) is 4.90 Å². The highest BCUT2D eigenvalue weighted by atomic mass is 16.5. The molecule has 16 heavy (non-hydrogen) atoms. The van der Waals surface area contributed by atoms with Crippen molar-refractivity contribution in [2.45, 2.75) is 25.7 Å². The van der Waals surface area contributed by atoms with Crippen LogP contribution >= 0.6 is 0 Å². The minimum Gasteiger partial charge on any atom is -0.384 e. The Balaban J connectivity index is 1.75. The SMILES string of the molecule is COCC1(CN2CCC(C(N)=O)CC2)CC1. The van der Waals surface area contributed by atoms with Crippen LogP contribution in [-0.4, -0.2) is 44.2 Å². The van der Waals surface area contributed by atoms with E-state index in [-0.39, 0.29) is 11.8 Å². The molecule has 2 N–H and O–H groups in total. The van der Waals surface area contributed by atoms with Crippen LogP contribution in [0.2, 0.25) is 0 Å². The molecule has 1 heterocycles. The minimum atomic E-state index is -0.127. The van der Waals surface area contributed by atoms with Gasteiger partial charge in [0.1, 0.15) is 0 Å². The van der Waals surface area contributed by atoms with Crippen molar-refractivity contribution in [3.05, 3.63) is 0 Å². The number of primary amides is 1. The van der Waals surface area contributed by atoms with Crippen molar-refractivity contribution in [3.63, 3.8) is 0 Å². The predicted octanol–water partition coefficient (Wildman–Crippen LogP) is 0.610. The Labute approximate surface area is 97.1 Å². The molecular formula is C12H22N2O2. The van der Waals surface area contributed by atoms with E-state index >= 15 is 0 Å². The number of piperidine rings is 1. The standard InChI is InChI=1S/C12H22N2O2/c1-16-9-12(4-5-12)8-14-6-2-10(3-7-14)11(13)15/h10H,2-9H2,1H3,(H2,13,15). The van der Waals surface area contributed by atoms with Gasteiger partial charge in [-0.25, -0.2) is 0 Å². The van der Waals surface area contributed by atoms with E-state index in [1.165, 1.54) is 12.8 Å². The molecule has 0 atom stereocenters. The van der Waals surface area contributed by atoms with Crippen LogP contribution in [0.3, 0.4) is 0 Å². The zero-order valence-corrected chi connectivity index (χ0v) is 10.1. The van der Waals surface area contributed by atoms with Crippen molar-refractivity contribution in [2.75, 3.05) is 33.4 Å². The number of ether oxygens (including phenoxy) is 1. The van der Waals surface area contributed by atoms with Crippen LogP contribution in [0.5, 0.6) is 0 Å². The van der Waals surface area contributed by atoms with Crippen molar-refractivity contribution in [2.24, 2.45) is 17.1 Å². The third kappa shape index (κ3) is 2.74. The van der Waals surface area contributed by atoms with Crippen LogP contribution in [0, 0.1) is 11.3 Å². The number of nitrogens with two attached hydrogens (primary N) is 1. The summed E-state index contributed by atoms with van der Waals surface area (Å²) in [4.78, 5) is 13.5. The number of rotatable bonds is 5. The van der Waals surface area contributed by atoms with E-state index in [1.54, 1.807) is 7.11 Å². The highest BCUT2D eigenvalue weighted by Gasteiger charge is 2.44. The number of nitrogens with zero attached hydrogens (tertiary/aromatic N) is 1. The maximum absolute atomic E-state index is 11.0. The molecule has 1 aliphatic carbocycles. The predicted molar refractivity (Wildman–Crippen MR) is 61.9 cm³/mol. The number of hydrogen-bond acceptors (Lipinski definition) is 3. The first-order valence-electron chi connectivity index (χ1n) is 6.16. The van der Waals surface area contributed by atoms with E-state index in [1.807, 2.05) is 0 Å². The molecule has 0 aromatic heterocycles. The summed E-state index contributed by atoms with van der Waals surface area (Å²) in [5.74, 6) is -0.0218. The first kappa shape index (κ1) is 11.9. The summed E-state index contributed by atoms with van der Waals surface area (Å²) in [6, 6.07) is 0. The molecule has 0 aromatic carbocycles. The molecule has 2 aliphatic rings. The summed E-state index contributed by atoms with van der Waals surface area (Å²) >= 11 is 0. The Morgan fingerprint density at radius 1 is 1.44 bits per heavy atom. The maximum Gasteiger partial charge on any atom is 0.220 e. The number of carbonyl (C=O) groups is 1. The van der Waals surface area contributed by atoms with Gasteiger partial charge in [-0.3, -0.25) is 4.79 Å². The molecule has 0 aromatic rings. The van der Waals surface area contributed by atoms with Gasteiger partial charge in [-0.15, -0.1) is 0 Å². The summed E-state index contributed by atoms with van der Waals surface area (Å²) in [5.41, 5.74) is 5.75. The largest absolute Gasteiger partial charge is 0.384 e. The molecule has 1 amide bonds. The first-order valence-corrected chi connectivity index (χ1v) is 6.16. The lowest BCUT2D eigenvalue weighted by Crippen LogP contribution is -2.41. The fraction of sp³-hybridized carbons (Fsp3) is 0.917. The van der Waals surface area contributed by atoms with Crippen LogP contribution in [0.4, 0.5) is 0 Å². The zero-order valence-electron chi connectivity index (χ0n) is 10.1. The van der Waals surface area contributed by atoms with Crippen molar-refractivity contribution < 1.29 is 9.53 Å². The average molecular weight is 226 g/mol. The molecule has 4 nitrogen and oxygen atoms in total. The monoisotopic (exact) mass is 226 g/mol. The molecule has 1 saturated heterocycles. The summed E-state index contributed by atoms with van der Waals surface area (Å²) in [7, 11) is 1.78. The molecule has 1 aliphatic heterocycles. The lowest BCUT2D eigenvalue weighted by Gasteiger charge is -2.33. The molecule has 0 spiro atoms. The lowest BCUT2D eigenvalue weighted by molar-refractivity contribution is -0.123. The normalized spacial score (nSPS) is 25.6. The third-order valence-electron chi connectivity index (χ3n) is 3.96. The number of amides is 1. The number of hydrogen-bond donors (Lipinski definition) is 1. The van der Waals surface area contributed by atoms with E-state index in [2.05, 4.69) is 4.90 Å². The second kappa shape index (κ2) is 4.72. The fourth-order valence-corrected chi connectivity index (χ4v) is 2.68. The molecule has 0 unspecified atom stereocenters. The van der Waals surface area contributed by atoms with E-state index in [0.29, 0.717) is 5.41 Å². The number of carbonyl (C=O) groups excluding carboxylic acids is 1. The Morgan fingerprint density at radius 3 is 2.50 bits per heavy atom. The van der Waals surface area contributed by atoms with Gasteiger partial charge >= 0.3 is 0 Å². The third-order valence-corrected chi connectivity index (χ3v) is 3.96. The maximum atomic E-state index is 11.0. The highest BCUT2D eigenvalue weighted by Crippen LogP contribution is 2.46. The van der Waals surface area contributed by atoms with E-state index < -0.39 is 0 Å². The van der Waals surface area contributed by atoms with E-state index in [9.17, 15) is 4.79 Å². The molecule has 4 heteroatoms. The molecule has 92 valence electrons. The molecule has 2 fully saturated rings. The number of likely N-dealkylation sites (tertiary alicyclic amines) is 1. The van der Waals surface area contributed by atoms with Crippen molar-refractivity contribution >= 4 is 5.91 Å². The van der Waals surface area contributed by atoms with Gasteiger partial charge in [0.25, 0.3) is 0 Å². The van der Waals surface area contributed by atoms with Crippen molar-refractivity contribution in [1.29, 1.82) is 0 Å². The molecular weight excluding hydrogens is 204 g/mol. The fourth-order valence-electron chi connectivity index (χ4n) is 2.68. The zero-order chi connectivity index (χ0) is 11.6. The van der Waals surface area contributed by atoms with Gasteiger partial charge in [-0.1, -0.05) is 0 Å². The average Bonchev–Trinajstić information content (AvgIpc) is 2.99. The Hall–Kier alpha value is -0.610. The van der Waals surface area contributed by atoms with E-state index in [4.69, 9.17) is 10.5 Å². The number of methoxy groups -OCH3 is 1. The van der Waals surface area contributed by atoms with Crippen LogP contribution < -0.4 is 5.73 Å². The minimum absolute atomic E-state index is 0.105. The van der Waals surface area contributed by atoms with Crippen molar-refractivity contribution in [3.8, 4) is 0 Å². The highest BCUT2D eigenvalue weighted by molar-refractivity contribution is 5.76. The van der Waals surface area contributed by atoms with Crippen LogP contribution in [-0.2, 0) is 9.53 Å². The molecule has 1 saturated carbocycles. The van der Waals surface area contributed by atoms with Gasteiger partial charge in [0.15, 0.2) is 0 Å². The molecule has 0 bridgehead atoms. The second-order valence-electron chi connectivity index (χ2n) is 5.39. The van der Waals surface area contributed by atoms with Gasteiger partial charge in [0.05, 0.1) is 6.61 Å². The Bertz CT molecular complexity index is 256. The Morgan fingerprint density at radius 2 is 2.06 bits per heavy atom. The summed E-state index contributed by atoms with van der Waals surface area (Å²) < 4.78 is 5.27. The summed E-state index contributed by atoms with van der Waals surface area (Å²) in [6.45, 7) is 4.03. The lowest BCUT2D eigenvalue weighted by atomic mass is 9.95. The van der Waals surface area contributed by atoms with Gasteiger partial charge in [0, 0.05) is 25.0 Å². The first-order chi connectivity index (χ1) is 7.65. The van der Waals surface area contributed by atoms with Gasteiger partial charge in [0.2, 0.25) is 5.91 Å². The summed E-state index contributed by atoms with van der Waals surface area (Å²) in [5, 5.41) is 0. The van der Waals surface area contributed by atoms with Gasteiger partial charge in [-0.05, 0) is 38.8 Å². The van der Waals surface area contributed by atoms with Gasteiger partial charge in [-0.2, -0.15) is 0 Å². The topological polar surface area (TPSA) is 55.6 Å². The molecule has 2 rings (SSSR count). The van der Waals surface area contributed by atoms with Gasteiger partial charge < -0.3 is 15.4 Å². The van der Waals surface area contributed by atoms with Crippen LogP contribution in [0.15, 0.2) is 0 Å². The van der Waals surface area contributed by atoms with E-state index in [0.717, 1.165) is 39.1 Å². The second-order valence-corrected chi connectivity index (χ2v) is 5.39. The van der Waals surface area contributed by atoms with Crippen LogP contribution in [0.1, 0.15) is 25.7 Å². The quantitative estimate of drug-likeness (QED) is 0.747. The molecule has 0 radical (unpaired) electrons. The smallest absolute Gasteiger partial charge is 0.220 e. The summed E-state index contributed by atoms with van der Waals surface area (Å²) in [6.07, 6.45) is 4.43. The van der Waals surface area contributed by atoms with Crippen LogP contribution in [0.25, 0.3) is 0 Å².